The molecule has 0 radical (unpaired) electrons. The topological polar surface area (TPSA) is 26.3 Å². The molecule has 0 fully saturated rings. The second-order valence-corrected chi connectivity index (χ2v) is 5.77. The summed E-state index contributed by atoms with van der Waals surface area (Å²) >= 11 is 0. The first-order chi connectivity index (χ1) is 7.27. The Hall–Kier alpha value is -0.800. The van der Waals surface area contributed by atoms with Crippen LogP contribution in [0.5, 0.6) is 0 Å². The molecule has 0 spiro atoms. The Morgan fingerprint density at radius 3 is 2.12 bits per heavy atom. The molecule has 0 saturated heterocycles. The largest absolute Gasteiger partial charge is 0.416 e. The lowest BCUT2D eigenvalue weighted by Crippen LogP contribution is -2.10. The molecule has 2 nitrogen and oxygen atoms in total. The van der Waals surface area contributed by atoms with Crippen LogP contribution in [0.1, 0.15) is 12.5 Å². The van der Waals surface area contributed by atoms with Crippen molar-refractivity contribution in [2.75, 3.05) is 13.3 Å². The molecule has 0 amide bonds. The Morgan fingerprint density at radius 2 is 1.75 bits per heavy atom. The van der Waals surface area contributed by atoms with Gasteiger partial charge in [-0.3, -0.25) is 4.57 Å². The predicted octanol–water partition coefficient (Wildman–Crippen LogP) is 3.28. The zero-order valence-corrected chi connectivity index (χ0v) is 9.81. The molecule has 1 atom stereocenters. The molecule has 0 heterocycles. The van der Waals surface area contributed by atoms with Crippen LogP contribution >= 0.6 is 7.37 Å². The summed E-state index contributed by atoms with van der Waals surface area (Å²) in [5.74, 6) is 0. The van der Waals surface area contributed by atoms with Crippen LogP contribution in [-0.4, -0.2) is 13.3 Å². The monoisotopic (exact) mass is 252 g/mol. The van der Waals surface area contributed by atoms with Gasteiger partial charge in [0.2, 0.25) is 7.37 Å². The van der Waals surface area contributed by atoms with Gasteiger partial charge in [0.1, 0.15) is 0 Å². The molecule has 1 unspecified atom stereocenters. The maximum atomic E-state index is 12.3. The van der Waals surface area contributed by atoms with E-state index in [2.05, 4.69) is 0 Å². The van der Waals surface area contributed by atoms with Crippen LogP contribution in [0.2, 0.25) is 0 Å². The number of benzene rings is 1. The highest BCUT2D eigenvalue weighted by Gasteiger charge is 2.30. The molecule has 0 aliphatic carbocycles. The number of rotatable bonds is 3. The molecule has 1 aromatic carbocycles. The molecule has 0 aromatic heterocycles. The molecule has 0 aliphatic rings. The Bertz CT molecular complexity index is 398. The lowest BCUT2D eigenvalue weighted by Gasteiger charge is -2.13. The van der Waals surface area contributed by atoms with E-state index in [1.807, 2.05) is 0 Å². The minimum atomic E-state index is -4.37. The molecule has 0 N–H and O–H groups in total. The molecule has 16 heavy (non-hydrogen) atoms. The highest BCUT2D eigenvalue weighted by atomic mass is 31.2. The minimum Gasteiger partial charge on any atom is -0.326 e. The lowest BCUT2D eigenvalue weighted by atomic mass is 10.2. The fraction of sp³-hybridized carbons (Fsp3) is 0.400. The summed E-state index contributed by atoms with van der Waals surface area (Å²) < 4.78 is 53.7. The second kappa shape index (κ2) is 4.60. The Balaban J connectivity index is 3.00. The number of halogens is 3. The van der Waals surface area contributed by atoms with E-state index in [1.165, 1.54) is 18.8 Å². The Morgan fingerprint density at radius 1 is 1.25 bits per heavy atom. The summed E-state index contributed by atoms with van der Waals surface area (Å²) in [5.41, 5.74) is -0.757. The standard InChI is InChI=1S/C10H12F3O2P/c1-3-15-16(2,14)9-6-4-8(5-7-9)10(11,12)13/h4-7H,3H2,1-2H3. The summed E-state index contributed by atoms with van der Waals surface area (Å²) in [4.78, 5) is 0. The van der Waals surface area contributed by atoms with Crippen LogP contribution in [0.15, 0.2) is 24.3 Å². The molecular weight excluding hydrogens is 240 g/mol. The van der Waals surface area contributed by atoms with Gasteiger partial charge in [-0.2, -0.15) is 13.2 Å². The van der Waals surface area contributed by atoms with Crippen molar-refractivity contribution < 1.29 is 22.3 Å². The maximum absolute atomic E-state index is 12.3. The summed E-state index contributed by atoms with van der Waals surface area (Å²) in [6.45, 7) is 3.33. The van der Waals surface area contributed by atoms with Gasteiger partial charge < -0.3 is 4.52 Å². The molecule has 0 saturated carbocycles. The van der Waals surface area contributed by atoms with Crippen LogP contribution in [0, 0.1) is 0 Å². The van der Waals surface area contributed by atoms with Crippen LogP contribution in [0.4, 0.5) is 13.2 Å². The van der Waals surface area contributed by atoms with Gasteiger partial charge in [0.15, 0.2) is 0 Å². The average molecular weight is 252 g/mol. The van der Waals surface area contributed by atoms with Crippen molar-refractivity contribution in [2.45, 2.75) is 13.1 Å². The van der Waals surface area contributed by atoms with Gasteiger partial charge in [-0.05, 0) is 31.2 Å². The fourth-order valence-electron chi connectivity index (χ4n) is 1.24. The quantitative estimate of drug-likeness (QED) is 0.772. The van der Waals surface area contributed by atoms with Crippen molar-refractivity contribution in [1.82, 2.24) is 0 Å². The summed E-state index contributed by atoms with van der Waals surface area (Å²) in [7, 11) is -2.98. The van der Waals surface area contributed by atoms with E-state index < -0.39 is 19.1 Å². The van der Waals surface area contributed by atoms with Crippen molar-refractivity contribution in [2.24, 2.45) is 0 Å². The highest BCUT2D eigenvalue weighted by Crippen LogP contribution is 2.41. The second-order valence-electron chi connectivity index (χ2n) is 3.31. The van der Waals surface area contributed by atoms with Crippen LogP contribution in [-0.2, 0) is 15.3 Å². The SMILES string of the molecule is CCOP(C)(=O)c1ccc(C(F)(F)F)cc1. The van der Waals surface area contributed by atoms with Gasteiger partial charge in [0, 0.05) is 12.0 Å². The predicted molar refractivity (Wildman–Crippen MR) is 56.2 cm³/mol. The van der Waals surface area contributed by atoms with E-state index in [9.17, 15) is 17.7 Å². The molecular formula is C10H12F3O2P. The lowest BCUT2D eigenvalue weighted by molar-refractivity contribution is -0.137. The fourth-order valence-corrected chi connectivity index (χ4v) is 2.57. The Labute approximate surface area is 91.9 Å². The average Bonchev–Trinajstić information content (AvgIpc) is 2.16. The first-order valence-electron chi connectivity index (χ1n) is 4.67. The van der Waals surface area contributed by atoms with Gasteiger partial charge in [0.05, 0.1) is 12.2 Å². The van der Waals surface area contributed by atoms with E-state index in [1.54, 1.807) is 6.92 Å². The third-order valence-corrected chi connectivity index (χ3v) is 4.03. The third-order valence-electron chi connectivity index (χ3n) is 2.04. The van der Waals surface area contributed by atoms with Gasteiger partial charge >= 0.3 is 6.18 Å². The number of hydrogen-bond acceptors (Lipinski definition) is 2. The molecule has 6 heteroatoms. The van der Waals surface area contributed by atoms with E-state index in [0.717, 1.165) is 12.1 Å². The summed E-state index contributed by atoms with van der Waals surface area (Å²) in [6, 6.07) is 4.20. The molecule has 0 bridgehead atoms. The highest BCUT2D eigenvalue weighted by molar-refractivity contribution is 7.66. The van der Waals surface area contributed by atoms with E-state index in [4.69, 9.17) is 4.52 Å². The van der Waals surface area contributed by atoms with Crippen molar-refractivity contribution >= 4 is 12.7 Å². The van der Waals surface area contributed by atoms with Gasteiger partial charge in [-0.25, -0.2) is 0 Å². The third kappa shape index (κ3) is 3.09. The van der Waals surface area contributed by atoms with Crippen molar-refractivity contribution in [3.8, 4) is 0 Å². The normalized spacial score (nSPS) is 15.8. The summed E-state index contributed by atoms with van der Waals surface area (Å²) in [5, 5.41) is 0.294. The maximum Gasteiger partial charge on any atom is 0.416 e. The van der Waals surface area contributed by atoms with Crippen molar-refractivity contribution in [1.29, 1.82) is 0 Å². The number of hydrogen-bond donors (Lipinski definition) is 0. The smallest absolute Gasteiger partial charge is 0.326 e. The first kappa shape index (κ1) is 13.3. The van der Waals surface area contributed by atoms with Crippen molar-refractivity contribution in [3.63, 3.8) is 0 Å². The first-order valence-corrected chi connectivity index (χ1v) is 6.74. The molecule has 1 aromatic rings. The van der Waals surface area contributed by atoms with E-state index >= 15 is 0 Å². The molecule has 90 valence electrons. The van der Waals surface area contributed by atoms with Gasteiger partial charge in [0.25, 0.3) is 0 Å². The van der Waals surface area contributed by atoms with Crippen LogP contribution in [0.3, 0.4) is 0 Å². The zero-order chi connectivity index (χ0) is 12.4. The van der Waals surface area contributed by atoms with Gasteiger partial charge in [-0.15, -0.1) is 0 Å². The number of alkyl halides is 3. The van der Waals surface area contributed by atoms with Gasteiger partial charge in [-0.1, -0.05) is 0 Å². The van der Waals surface area contributed by atoms with Crippen LogP contribution < -0.4 is 5.30 Å². The summed E-state index contributed by atoms with van der Waals surface area (Å²) in [6.07, 6.45) is -4.37. The minimum absolute atomic E-state index is 0.259. The molecule has 0 aliphatic heterocycles. The van der Waals surface area contributed by atoms with Crippen LogP contribution in [0.25, 0.3) is 0 Å². The van der Waals surface area contributed by atoms with E-state index in [-0.39, 0.29) is 6.61 Å². The van der Waals surface area contributed by atoms with E-state index in [0.29, 0.717) is 5.30 Å². The zero-order valence-electron chi connectivity index (χ0n) is 8.91. The molecule has 1 rings (SSSR count). The van der Waals surface area contributed by atoms with Crippen molar-refractivity contribution in [3.05, 3.63) is 29.8 Å². The Kier molecular flexibility index (Phi) is 3.81.